The van der Waals surface area contributed by atoms with Crippen molar-refractivity contribution in [1.29, 1.82) is 0 Å². The Morgan fingerprint density at radius 1 is 0.893 bits per heavy atom. The van der Waals surface area contributed by atoms with E-state index in [1.165, 1.54) is 0 Å². The molecule has 0 spiro atoms. The number of carbonyl (C=O) groups is 1. The summed E-state index contributed by atoms with van der Waals surface area (Å²) in [7, 11) is 1.59. The van der Waals surface area contributed by atoms with Crippen molar-refractivity contribution in [1.82, 2.24) is 4.57 Å². The zero-order valence-corrected chi connectivity index (χ0v) is 15.4. The first-order valence-electron chi connectivity index (χ1n) is 8.96. The third kappa shape index (κ3) is 3.34. The van der Waals surface area contributed by atoms with E-state index in [2.05, 4.69) is 0 Å². The third-order valence-electron chi connectivity index (χ3n) is 4.70. The molecule has 0 aliphatic heterocycles. The van der Waals surface area contributed by atoms with Gasteiger partial charge < -0.3 is 14.0 Å². The van der Waals surface area contributed by atoms with E-state index in [0.29, 0.717) is 27.6 Å². The van der Waals surface area contributed by atoms with E-state index in [4.69, 9.17) is 9.47 Å². The molecule has 1 heterocycles. The van der Waals surface area contributed by atoms with E-state index < -0.39 is 0 Å². The molecule has 0 N–H and O–H groups in total. The van der Waals surface area contributed by atoms with E-state index in [1.54, 1.807) is 19.2 Å². The van der Waals surface area contributed by atoms with Crippen molar-refractivity contribution >= 4 is 27.8 Å². The number of hydrogen-bond acceptors (Lipinski definition) is 4. The molecule has 0 atom stereocenters. The predicted octanol–water partition coefficient (Wildman–Crippen LogP) is 3.91. The van der Waals surface area contributed by atoms with Gasteiger partial charge in [0.05, 0.1) is 18.1 Å². The van der Waals surface area contributed by atoms with Crippen molar-refractivity contribution in [2.24, 2.45) is 0 Å². The summed E-state index contributed by atoms with van der Waals surface area (Å²) in [5, 5.41) is 1.17. The average Bonchev–Trinajstić information content (AvgIpc) is 2.75. The molecule has 0 saturated carbocycles. The van der Waals surface area contributed by atoms with Crippen LogP contribution in [0.5, 0.6) is 5.75 Å². The molecule has 5 heteroatoms. The van der Waals surface area contributed by atoms with Gasteiger partial charge in [-0.05, 0) is 42.0 Å². The molecule has 0 bridgehead atoms. The first kappa shape index (κ1) is 17.8. The molecule has 0 saturated heterocycles. The molecule has 4 aromatic rings. The highest BCUT2D eigenvalue weighted by Gasteiger charge is 2.13. The minimum Gasteiger partial charge on any atom is -0.497 e. The Balaban J connectivity index is 1.65. The van der Waals surface area contributed by atoms with E-state index in [-0.39, 0.29) is 24.5 Å². The molecule has 4 rings (SSSR count). The number of hydrogen-bond donors (Lipinski definition) is 0. The lowest BCUT2D eigenvalue weighted by Crippen LogP contribution is -2.18. The molecule has 28 heavy (non-hydrogen) atoms. The van der Waals surface area contributed by atoms with Crippen LogP contribution in [0.1, 0.15) is 5.56 Å². The van der Waals surface area contributed by atoms with Crippen LogP contribution < -0.4 is 10.2 Å². The van der Waals surface area contributed by atoms with Crippen LogP contribution in [0.3, 0.4) is 0 Å². The summed E-state index contributed by atoms with van der Waals surface area (Å²) in [5.41, 5.74) is 2.24. The summed E-state index contributed by atoms with van der Waals surface area (Å²) >= 11 is 0. The summed E-state index contributed by atoms with van der Waals surface area (Å²) in [6.45, 7) is 0.178. The Hall–Kier alpha value is -3.60. The van der Waals surface area contributed by atoms with Crippen LogP contribution in [0.15, 0.2) is 77.6 Å². The van der Waals surface area contributed by atoms with Gasteiger partial charge in [0, 0.05) is 10.8 Å². The average molecular weight is 373 g/mol. The summed E-state index contributed by atoms with van der Waals surface area (Å²) in [6, 6.07) is 22.0. The number of esters is 1. The SMILES string of the molecule is COc1cccc(COC(=O)Cn2c3ccccc3c(=O)c3ccccc32)c1. The molecule has 0 radical (unpaired) electrons. The van der Waals surface area contributed by atoms with Crippen LogP contribution in [0.2, 0.25) is 0 Å². The molecule has 5 nitrogen and oxygen atoms in total. The fourth-order valence-electron chi connectivity index (χ4n) is 3.35. The Kier molecular flexibility index (Phi) is 4.81. The van der Waals surface area contributed by atoms with Crippen LogP contribution >= 0.6 is 0 Å². The maximum absolute atomic E-state index is 12.8. The van der Waals surface area contributed by atoms with Crippen molar-refractivity contribution in [2.75, 3.05) is 7.11 Å². The highest BCUT2D eigenvalue weighted by atomic mass is 16.5. The second-order valence-corrected chi connectivity index (χ2v) is 6.46. The molecule has 0 aliphatic rings. The zero-order valence-electron chi connectivity index (χ0n) is 15.4. The van der Waals surface area contributed by atoms with Gasteiger partial charge in [0.15, 0.2) is 5.43 Å². The Labute approximate surface area is 161 Å². The van der Waals surface area contributed by atoms with Crippen LogP contribution in [0.25, 0.3) is 21.8 Å². The minimum atomic E-state index is -0.373. The lowest BCUT2D eigenvalue weighted by molar-refractivity contribution is -0.145. The van der Waals surface area contributed by atoms with Crippen molar-refractivity contribution in [3.8, 4) is 5.75 Å². The Morgan fingerprint density at radius 2 is 1.54 bits per heavy atom. The molecular weight excluding hydrogens is 354 g/mol. The van der Waals surface area contributed by atoms with Gasteiger partial charge in [0.2, 0.25) is 0 Å². The largest absolute Gasteiger partial charge is 0.497 e. The maximum Gasteiger partial charge on any atom is 0.326 e. The number of benzene rings is 3. The number of carbonyl (C=O) groups excluding carboxylic acids is 1. The van der Waals surface area contributed by atoms with Gasteiger partial charge in [-0.1, -0.05) is 36.4 Å². The lowest BCUT2D eigenvalue weighted by Gasteiger charge is -2.14. The van der Waals surface area contributed by atoms with E-state index in [9.17, 15) is 9.59 Å². The summed E-state index contributed by atoms with van der Waals surface area (Å²) in [6.07, 6.45) is 0. The highest BCUT2D eigenvalue weighted by Crippen LogP contribution is 2.19. The third-order valence-corrected chi connectivity index (χ3v) is 4.70. The van der Waals surface area contributed by atoms with E-state index in [1.807, 2.05) is 65.2 Å². The topological polar surface area (TPSA) is 57.5 Å². The molecule has 1 aromatic heterocycles. The smallest absolute Gasteiger partial charge is 0.326 e. The van der Waals surface area contributed by atoms with Crippen LogP contribution in [-0.4, -0.2) is 17.6 Å². The normalized spacial score (nSPS) is 10.9. The lowest BCUT2D eigenvalue weighted by atomic mass is 10.1. The van der Waals surface area contributed by atoms with Gasteiger partial charge in [0.1, 0.15) is 18.9 Å². The van der Waals surface area contributed by atoms with Crippen LogP contribution in [0.4, 0.5) is 0 Å². The van der Waals surface area contributed by atoms with Crippen LogP contribution in [-0.2, 0) is 22.7 Å². The molecule has 0 unspecified atom stereocenters. The summed E-state index contributed by atoms with van der Waals surface area (Å²) in [5.74, 6) is 0.340. The molecule has 0 amide bonds. The van der Waals surface area contributed by atoms with Gasteiger partial charge in [0.25, 0.3) is 0 Å². The van der Waals surface area contributed by atoms with Crippen molar-refractivity contribution in [2.45, 2.75) is 13.2 Å². The van der Waals surface area contributed by atoms with Gasteiger partial charge in [-0.3, -0.25) is 9.59 Å². The number of rotatable bonds is 5. The molecule has 0 fully saturated rings. The van der Waals surface area contributed by atoms with Gasteiger partial charge in [-0.15, -0.1) is 0 Å². The van der Waals surface area contributed by atoms with Crippen LogP contribution in [0, 0.1) is 0 Å². The van der Waals surface area contributed by atoms with Gasteiger partial charge >= 0.3 is 5.97 Å². The predicted molar refractivity (Wildman–Crippen MR) is 109 cm³/mol. The number of ether oxygens (including phenoxy) is 2. The summed E-state index contributed by atoms with van der Waals surface area (Å²) in [4.78, 5) is 25.3. The second-order valence-electron chi connectivity index (χ2n) is 6.46. The number of methoxy groups -OCH3 is 1. The highest BCUT2D eigenvalue weighted by molar-refractivity contribution is 5.94. The fourth-order valence-corrected chi connectivity index (χ4v) is 3.35. The number of para-hydroxylation sites is 2. The first-order valence-corrected chi connectivity index (χ1v) is 8.96. The quantitative estimate of drug-likeness (QED) is 0.393. The maximum atomic E-state index is 12.8. The monoisotopic (exact) mass is 373 g/mol. The number of fused-ring (bicyclic) bond motifs is 2. The zero-order chi connectivity index (χ0) is 19.5. The Morgan fingerprint density at radius 3 is 2.18 bits per heavy atom. The van der Waals surface area contributed by atoms with Crippen molar-refractivity contribution in [3.05, 3.63) is 88.6 Å². The number of aromatic nitrogens is 1. The van der Waals surface area contributed by atoms with Gasteiger partial charge in [-0.2, -0.15) is 0 Å². The van der Waals surface area contributed by atoms with E-state index >= 15 is 0 Å². The minimum absolute atomic E-state index is 0.0191. The fraction of sp³-hybridized carbons (Fsp3) is 0.130. The second kappa shape index (κ2) is 7.56. The first-order chi connectivity index (χ1) is 13.7. The molecule has 0 aliphatic carbocycles. The van der Waals surface area contributed by atoms with Crippen molar-refractivity contribution in [3.63, 3.8) is 0 Å². The number of pyridine rings is 1. The summed E-state index contributed by atoms with van der Waals surface area (Å²) < 4.78 is 12.5. The number of nitrogens with zero attached hydrogens (tertiary/aromatic N) is 1. The van der Waals surface area contributed by atoms with E-state index in [0.717, 1.165) is 5.56 Å². The Bertz CT molecular complexity index is 1170. The molecule has 140 valence electrons. The molecular formula is C23H19NO4. The van der Waals surface area contributed by atoms with Gasteiger partial charge in [-0.25, -0.2) is 0 Å². The van der Waals surface area contributed by atoms with Crippen molar-refractivity contribution < 1.29 is 14.3 Å². The molecule has 3 aromatic carbocycles. The standard InChI is InChI=1S/C23H19NO4/c1-27-17-8-6-7-16(13-17)15-28-22(25)14-24-20-11-4-2-9-18(20)23(26)19-10-3-5-12-21(19)24/h2-13H,14-15H2,1H3.